The second kappa shape index (κ2) is 6.15. The second-order valence-electron chi connectivity index (χ2n) is 6.55. The molecule has 4 nitrogen and oxygen atoms in total. The zero-order chi connectivity index (χ0) is 14.8. The molecule has 1 saturated carbocycles. The standard InChI is InChI=1S/C16H27NO3/c1-3-16(4-2)9-10-17(11-16)14(18)12-7-5-6-8-13(12)15(19)20/h12-13H,3-11H2,1-2H3,(H,19,20). The molecule has 0 aromatic heterocycles. The molecule has 2 fully saturated rings. The number of carboxylic acids is 1. The Balaban J connectivity index is 2.05. The van der Waals surface area contributed by atoms with Crippen molar-refractivity contribution in [2.75, 3.05) is 13.1 Å². The first-order valence-electron chi connectivity index (χ1n) is 8.04. The van der Waals surface area contributed by atoms with Gasteiger partial charge >= 0.3 is 5.97 Å². The number of amides is 1. The van der Waals surface area contributed by atoms with Gasteiger partial charge in [0.2, 0.25) is 5.91 Å². The van der Waals surface area contributed by atoms with E-state index in [9.17, 15) is 14.7 Å². The van der Waals surface area contributed by atoms with Crippen LogP contribution in [-0.4, -0.2) is 35.0 Å². The van der Waals surface area contributed by atoms with Gasteiger partial charge in [-0.2, -0.15) is 0 Å². The lowest BCUT2D eigenvalue weighted by Crippen LogP contribution is -2.42. The minimum atomic E-state index is -0.792. The summed E-state index contributed by atoms with van der Waals surface area (Å²) in [6, 6.07) is 0. The summed E-state index contributed by atoms with van der Waals surface area (Å²) in [4.78, 5) is 26.0. The summed E-state index contributed by atoms with van der Waals surface area (Å²) >= 11 is 0. The summed E-state index contributed by atoms with van der Waals surface area (Å²) in [5.74, 6) is -1.44. The molecule has 2 atom stereocenters. The third-order valence-electron chi connectivity index (χ3n) is 5.65. The number of carboxylic acid groups (broad SMARTS) is 1. The van der Waals surface area contributed by atoms with E-state index in [1.807, 2.05) is 4.90 Å². The summed E-state index contributed by atoms with van der Waals surface area (Å²) in [7, 11) is 0. The maximum Gasteiger partial charge on any atom is 0.307 e. The van der Waals surface area contributed by atoms with E-state index in [0.717, 1.165) is 51.6 Å². The van der Waals surface area contributed by atoms with Crippen LogP contribution in [0, 0.1) is 17.3 Å². The fourth-order valence-corrected chi connectivity index (χ4v) is 3.91. The smallest absolute Gasteiger partial charge is 0.307 e. The van der Waals surface area contributed by atoms with Gasteiger partial charge in [-0.05, 0) is 37.5 Å². The molecule has 1 amide bonds. The molecule has 0 spiro atoms. The van der Waals surface area contributed by atoms with E-state index in [2.05, 4.69) is 13.8 Å². The minimum absolute atomic E-state index is 0.0980. The third-order valence-corrected chi connectivity index (χ3v) is 5.65. The Kier molecular flexibility index (Phi) is 4.71. The van der Waals surface area contributed by atoms with Gasteiger partial charge in [-0.1, -0.05) is 26.7 Å². The molecule has 4 heteroatoms. The highest BCUT2D eigenvalue weighted by molar-refractivity contribution is 5.85. The number of hydrogen-bond acceptors (Lipinski definition) is 2. The summed E-state index contributed by atoms with van der Waals surface area (Å²) in [6.45, 7) is 6.02. The molecule has 0 aromatic rings. The average Bonchev–Trinajstić information content (AvgIpc) is 2.91. The fraction of sp³-hybridized carbons (Fsp3) is 0.875. The Labute approximate surface area is 121 Å². The van der Waals surface area contributed by atoms with Gasteiger partial charge in [0.15, 0.2) is 0 Å². The van der Waals surface area contributed by atoms with Crippen molar-refractivity contribution in [3.05, 3.63) is 0 Å². The number of nitrogens with zero attached hydrogens (tertiary/aromatic N) is 1. The molecule has 1 heterocycles. The maximum absolute atomic E-state index is 12.7. The molecule has 2 unspecified atom stereocenters. The van der Waals surface area contributed by atoms with E-state index in [1.165, 1.54) is 0 Å². The van der Waals surface area contributed by atoms with E-state index in [4.69, 9.17) is 0 Å². The van der Waals surface area contributed by atoms with Gasteiger partial charge in [-0.15, -0.1) is 0 Å². The number of carbonyl (C=O) groups is 2. The molecule has 1 saturated heterocycles. The molecule has 2 aliphatic rings. The van der Waals surface area contributed by atoms with Crippen LogP contribution in [0.3, 0.4) is 0 Å². The summed E-state index contributed by atoms with van der Waals surface area (Å²) in [5.41, 5.74) is 0.267. The first-order valence-corrected chi connectivity index (χ1v) is 8.04. The maximum atomic E-state index is 12.7. The van der Waals surface area contributed by atoms with E-state index in [0.29, 0.717) is 6.42 Å². The highest BCUT2D eigenvalue weighted by Crippen LogP contribution is 2.39. The number of likely N-dealkylation sites (tertiary alicyclic amines) is 1. The van der Waals surface area contributed by atoms with Crippen molar-refractivity contribution in [3.63, 3.8) is 0 Å². The highest BCUT2D eigenvalue weighted by atomic mass is 16.4. The summed E-state index contributed by atoms with van der Waals surface area (Å²) in [5, 5.41) is 9.32. The molecular weight excluding hydrogens is 254 g/mol. The van der Waals surface area contributed by atoms with Gasteiger partial charge in [0.05, 0.1) is 11.8 Å². The van der Waals surface area contributed by atoms with Gasteiger partial charge in [0, 0.05) is 13.1 Å². The zero-order valence-corrected chi connectivity index (χ0v) is 12.7. The van der Waals surface area contributed by atoms with Crippen LogP contribution in [0.1, 0.15) is 58.8 Å². The first kappa shape index (κ1) is 15.3. The minimum Gasteiger partial charge on any atom is -0.481 e. The molecule has 0 bridgehead atoms. The van der Waals surface area contributed by atoms with Gasteiger partial charge in [0.25, 0.3) is 0 Å². The first-order chi connectivity index (χ1) is 9.53. The molecule has 1 N–H and O–H groups in total. The lowest BCUT2D eigenvalue weighted by atomic mass is 9.78. The monoisotopic (exact) mass is 281 g/mol. The van der Waals surface area contributed by atoms with Crippen LogP contribution in [-0.2, 0) is 9.59 Å². The van der Waals surface area contributed by atoms with E-state index in [-0.39, 0.29) is 17.2 Å². The van der Waals surface area contributed by atoms with Gasteiger partial charge in [-0.3, -0.25) is 9.59 Å². The van der Waals surface area contributed by atoms with Crippen LogP contribution in [0.4, 0.5) is 0 Å². The van der Waals surface area contributed by atoms with Crippen molar-refractivity contribution in [1.29, 1.82) is 0 Å². The van der Waals surface area contributed by atoms with Crippen molar-refractivity contribution >= 4 is 11.9 Å². The molecule has 0 aromatic carbocycles. The Morgan fingerprint density at radius 2 is 1.75 bits per heavy atom. The molecule has 20 heavy (non-hydrogen) atoms. The second-order valence-corrected chi connectivity index (χ2v) is 6.55. The number of carbonyl (C=O) groups excluding carboxylic acids is 1. The third kappa shape index (κ3) is 2.84. The van der Waals surface area contributed by atoms with Crippen LogP contribution < -0.4 is 0 Å². The summed E-state index contributed by atoms with van der Waals surface area (Å²) in [6.07, 6.45) is 6.59. The normalized spacial score (nSPS) is 29.4. The van der Waals surface area contributed by atoms with E-state index < -0.39 is 11.9 Å². The fourth-order valence-electron chi connectivity index (χ4n) is 3.91. The topological polar surface area (TPSA) is 57.6 Å². The van der Waals surface area contributed by atoms with Crippen molar-refractivity contribution in [2.45, 2.75) is 58.8 Å². The van der Waals surface area contributed by atoms with E-state index >= 15 is 0 Å². The Hall–Kier alpha value is -1.06. The van der Waals surface area contributed by atoms with Gasteiger partial charge < -0.3 is 10.0 Å². The summed E-state index contributed by atoms with van der Waals surface area (Å²) < 4.78 is 0. The average molecular weight is 281 g/mol. The SMILES string of the molecule is CCC1(CC)CCN(C(=O)C2CCCCC2C(=O)O)C1. The number of aliphatic carboxylic acids is 1. The van der Waals surface area contributed by atoms with Gasteiger partial charge in [0.1, 0.15) is 0 Å². The largest absolute Gasteiger partial charge is 0.481 e. The number of hydrogen-bond donors (Lipinski definition) is 1. The quantitative estimate of drug-likeness (QED) is 0.862. The Morgan fingerprint density at radius 1 is 1.15 bits per heavy atom. The predicted molar refractivity (Wildman–Crippen MR) is 77.3 cm³/mol. The number of rotatable bonds is 4. The molecule has 2 rings (SSSR count). The molecule has 114 valence electrons. The van der Waals surface area contributed by atoms with Crippen LogP contribution >= 0.6 is 0 Å². The van der Waals surface area contributed by atoms with Crippen molar-refractivity contribution < 1.29 is 14.7 Å². The Morgan fingerprint density at radius 3 is 2.25 bits per heavy atom. The lowest BCUT2D eigenvalue weighted by Gasteiger charge is -2.32. The van der Waals surface area contributed by atoms with Crippen molar-refractivity contribution in [2.24, 2.45) is 17.3 Å². The Bertz CT molecular complexity index is 376. The lowest BCUT2D eigenvalue weighted by molar-refractivity contribution is -0.152. The van der Waals surface area contributed by atoms with Crippen LogP contribution in [0.25, 0.3) is 0 Å². The zero-order valence-electron chi connectivity index (χ0n) is 12.7. The molecule has 1 aliphatic carbocycles. The van der Waals surface area contributed by atoms with Gasteiger partial charge in [-0.25, -0.2) is 0 Å². The molecule has 1 aliphatic heterocycles. The van der Waals surface area contributed by atoms with E-state index in [1.54, 1.807) is 0 Å². The van der Waals surface area contributed by atoms with Crippen LogP contribution in [0.15, 0.2) is 0 Å². The van der Waals surface area contributed by atoms with Crippen molar-refractivity contribution in [1.82, 2.24) is 4.90 Å². The molecular formula is C16H27NO3. The van der Waals surface area contributed by atoms with Crippen molar-refractivity contribution in [3.8, 4) is 0 Å². The van der Waals surface area contributed by atoms with Crippen LogP contribution in [0.2, 0.25) is 0 Å². The molecule has 0 radical (unpaired) electrons. The predicted octanol–water partition coefficient (Wildman–Crippen LogP) is 2.92. The highest BCUT2D eigenvalue weighted by Gasteiger charge is 2.42. The van der Waals surface area contributed by atoms with Crippen LogP contribution in [0.5, 0.6) is 0 Å².